The predicted molar refractivity (Wildman–Crippen MR) is 85.3 cm³/mol. The van der Waals surface area contributed by atoms with Crippen LogP contribution in [-0.2, 0) is 6.61 Å². The van der Waals surface area contributed by atoms with Crippen LogP contribution in [0.15, 0.2) is 42.5 Å². The molecular weight excluding hydrogens is 270 g/mol. The molecule has 2 nitrogen and oxygen atoms in total. The molecule has 20 heavy (non-hydrogen) atoms. The first-order chi connectivity index (χ1) is 9.60. The van der Waals surface area contributed by atoms with Gasteiger partial charge in [0, 0.05) is 0 Å². The summed E-state index contributed by atoms with van der Waals surface area (Å²) in [5.74, 6) is 1.45. The maximum absolute atomic E-state index is 5.89. The van der Waals surface area contributed by atoms with Gasteiger partial charge in [0.25, 0.3) is 0 Å². The van der Waals surface area contributed by atoms with Crippen LogP contribution in [0.5, 0.6) is 5.75 Å². The van der Waals surface area contributed by atoms with E-state index < -0.39 is 0 Å². The highest BCUT2D eigenvalue weighted by molar-refractivity contribution is 6.33. The lowest BCUT2D eigenvalue weighted by molar-refractivity contribution is 0.306. The van der Waals surface area contributed by atoms with Crippen molar-refractivity contribution >= 4 is 17.3 Å². The van der Waals surface area contributed by atoms with E-state index in [0.717, 1.165) is 17.7 Å². The van der Waals surface area contributed by atoms with Crippen LogP contribution in [0.3, 0.4) is 0 Å². The molecule has 0 spiro atoms. The Balaban J connectivity index is 1.98. The van der Waals surface area contributed by atoms with Gasteiger partial charge in [-0.25, -0.2) is 0 Å². The van der Waals surface area contributed by atoms with Gasteiger partial charge in [0.2, 0.25) is 0 Å². The molecule has 0 bridgehead atoms. The van der Waals surface area contributed by atoms with E-state index in [-0.39, 0.29) is 0 Å². The predicted octanol–water partition coefficient (Wildman–Crippen LogP) is 5.01. The second-order valence-electron chi connectivity index (χ2n) is 5.02. The Morgan fingerprint density at radius 3 is 2.45 bits per heavy atom. The van der Waals surface area contributed by atoms with Gasteiger partial charge >= 0.3 is 0 Å². The quantitative estimate of drug-likeness (QED) is 0.785. The summed E-state index contributed by atoms with van der Waals surface area (Å²) in [6.07, 6.45) is 1.14. The first kappa shape index (κ1) is 14.7. The topological polar surface area (TPSA) is 35.2 Å². The number of hydrogen-bond acceptors (Lipinski definition) is 2. The molecule has 0 saturated heterocycles. The van der Waals surface area contributed by atoms with Crippen LogP contribution in [0.4, 0.5) is 5.69 Å². The van der Waals surface area contributed by atoms with Gasteiger partial charge in [0.15, 0.2) is 0 Å². The van der Waals surface area contributed by atoms with Crippen molar-refractivity contribution in [3.63, 3.8) is 0 Å². The van der Waals surface area contributed by atoms with Gasteiger partial charge < -0.3 is 10.5 Å². The molecule has 0 aromatic heterocycles. The smallest absolute Gasteiger partial charge is 0.119 e. The third kappa shape index (κ3) is 3.67. The third-order valence-electron chi connectivity index (χ3n) is 3.53. The van der Waals surface area contributed by atoms with Gasteiger partial charge in [-0.05, 0) is 47.7 Å². The zero-order valence-corrected chi connectivity index (χ0v) is 12.7. The molecule has 1 atom stereocenters. The molecule has 3 heteroatoms. The molecule has 0 heterocycles. The average molecular weight is 290 g/mol. The largest absolute Gasteiger partial charge is 0.489 e. The molecule has 2 aromatic rings. The standard InChI is InChI=1S/C17H20ClNO/c1-3-12(2)14-5-7-15(8-6-14)20-11-13-4-9-16(18)17(19)10-13/h4-10,12H,3,11,19H2,1-2H3. The fourth-order valence-electron chi connectivity index (χ4n) is 1.98. The molecule has 2 aromatic carbocycles. The molecular formula is C17H20ClNO. The van der Waals surface area contributed by atoms with Crippen molar-refractivity contribution in [2.45, 2.75) is 32.8 Å². The van der Waals surface area contributed by atoms with Crippen LogP contribution in [0.2, 0.25) is 5.02 Å². The van der Waals surface area contributed by atoms with Crippen molar-refractivity contribution in [1.82, 2.24) is 0 Å². The minimum atomic E-state index is 0.490. The number of anilines is 1. The van der Waals surface area contributed by atoms with Crippen molar-refractivity contribution in [2.24, 2.45) is 0 Å². The first-order valence-corrected chi connectivity index (χ1v) is 7.24. The minimum absolute atomic E-state index is 0.490. The number of benzene rings is 2. The Morgan fingerprint density at radius 1 is 1.15 bits per heavy atom. The van der Waals surface area contributed by atoms with Crippen molar-refractivity contribution < 1.29 is 4.74 Å². The maximum Gasteiger partial charge on any atom is 0.119 e. The molecule has 0 radical (unpaired) electrons. The van der Waals surface area contributed by atoms with E-state index in [1.807, 2.05) is 24.3 Å². The number of hydrogen-bond donors (Lipinski definition) is 1. The van der Waals surface area contributed by atoms with Crippen molar-refractivity contribution in [1.29, 1.82) is 0 Å². The van der Waals surface area contributed by atoms with Crippen molar-refractivity contribution in [3.05, 3.63) is 58.6 Å². The van der Waals surface area contributed by atoms with Gasteiger partial charge in [-0.1, -0.05) is 43.6 Å². The lowest BCUT2D eigenvalue weighted by atomic mass is 9.99. The van der Waals surface area contributed by atoms with Crippen LogP contribution >= 0.6 is 11.6 Å². The summed E-state index contributed by atoms with van der Waals surface area (Å²) in [7, 11) is 0. The van der Waals surface area contributed by atoms with E-state index in [1.54, 1.807) is 6.07 Å². The molecule has 2 rings (SSSR count). The number of nitrogen functional groups attached to an aromatic ring is 1. The lowest BCUT2D eigenvalue weighted by Gasteiger charge is -2.11. The summed E-state index contributed by atoms with van der Waals surface area (Å²) in [5.41, 5.74) is 8.71. The Hall–Kier alpha value is -1.67. The summed E-state index contributed by atoms with van der Waals surface area (Å²) in [6.45, 7) is 4.91. The molecule has 2 N–H and O–H groups in total. The Morgan fingerprint density at radius 2 is 1.85 bits per heavy atom. The zero-order chi connectivity index (χ0) is 14.5. The lowest BCUT2D eigenvalue weighted by Crippen LogP contribution is -1.98. The Kier molecular flexibility index (Phi) is 4.91. The molecule has 0 aliphatic heterocycles. The number of rotatable bonds is 5. The highest BCUT2D eigenvalue weighted by Crippen LogP contribution is 2.23. The monoisotopic (exact) mass is 289 g/mol. The molecule has 106 valence electrons. The molecule has 0 aliphatic rings. The van der Waals surface area contributed by atoms with Gasteiger partial charge in [-0.3, -0.25) is 0 Å². The highest BCUT2D eigenvalue weighted by atomic mass is 35.5. The fraction of sp³-hybridized carbons (Fsp3) is 0.294. The first-order valence-electron chi connectivity index (χ1n) is 6.86. The summed E-state index contributed by atoms with van der Waals surface area (Å²) in [4.78, 5) is 0. The summed E-state index contributed by atoms with van der Waals surface area (Å²) < 4.78 is 5.76. The third-order valence-corrected chi connectivity index (χ3v) is 3.87. The van der Waals surface area contributed by atoms with E-state index >= 15 is 0 Å². The summed E-state index contributed by atoms with van der Waals surface area (Å²) in [6, 6.07) is 13.8. The second kappa shape index (κ2) is 6.67. The second-order valence-corrected chi connectivity index (χ2v) is 5.43. The molecule has 0 amide bonds. The SMILES string of the molecule is CCC(C)c1ccc(OCc2ccc(Cl)c(N)c2)cc1. The molecule has 0 saturated carbocycles. The van der Waals surface area contributed by atoms with E-state index in [1.165, 1.54) is 5.56 Å². The van der Waals surface area contributed by atoms with E-state index in [0.29, 0.717) is 23.2 Å². The van der Waals surface area contributed by atoms with E-state index in [4.69, 9.17) is 22.1 Å². The van der Waals surface area contributed by atoms with Crippen LogP contribution in [-0.4, -0.2) is 0 Å². The van der Waals surface area contributed by atoms with Crippen molar-refractivity contribution in [3.8, 4) is 5.75 Å². The highest BCUT2D eigenvalue weighted by Gasteiger charge is 2.03. The number of nitrogens with two attached hydrogens (primary N) is 1. The van der Waals surface area contributed by atoms with Crippen molar-refractivity contribution in [2.75, 3.05) is 5.73 Å². The molecule has 0 aliphatic carbocycles. The normalized spacial score (nSPS) is 12.2. The van der Waals surface area contributed by atoms with Crippen LogP contribution < -0.4 is 10.5 Å². The zero-order valence-electron chi connectivity index (χ0n) is 11.9. The fourth-order valence-corrected chi connectivity index (χ4v) is 2.10. The molecule has 1 unspecified atom stereocenters. The van der Waals surface area contributed by atoms with Gasteiger partial charge in [-0.2, -0.15) is 0 Å². The van der Waals surface area contributed by atoms with Crippen LogP contribution in [0.25, 0.3) is 0 Å². The number of ether oxygens (including phenoxy) is 1. The van der Waals surface area contributed by atoms with E-state index in [2.05, 4.69) is 26.0 Å². The molecule has 0 fully saturated rings. The van der Waals surface area contributed by atoms with Crippen LogP contribution in [0.1, 0.15) is 37.3 Å². The summed E-state index contributed by atoms with van der Waals surface area (Å²) in [5, 5.41) is 0.576. The van der Waals surface area contributed by atoms with Gasteiger partial charge in [-0.15, -0.1) is 0 Å². The van der Waals surface area contributed by atoms with E-state index in [9.17, 15) is 0 Å². The average Bonchev–Trinajstić information content (AvgIpc) is 2.48. The Labute approximate surface area is 125 Å². The number of halogens is 1. The summed E-state index contributed by atoms with van der Waals surface area (Å²) >= 11 is 5.89. The van der Waals surface area contributed by atoms with Gasteiger partial charge in [0.05, 0.1) is 10.7 Å². The minimum Gasteiger partial charge on any atom is -0.489 e. The van der Waals surface area contributed by atoms with Crippen LogP contribution in [0, 0.1) is 0 Å². The van der Waals surface area contributed by atoms with Gasteiger partial charge in [0.1, 0.15) is 12.4 Å². The Bertz CT molecular complexity index is 566. The maximum atomic E-state index is 5.89.